The van der Waals surface area contributed by atoms with Gasteiger partial charge in [0.1, 0.15) is 5.69 Å². The van der Waals surface area contributed by atoms with Crippen LogP contribution in [-0.2, 0) is 6.42 Å². The van der Waals surface area contributed by atoms with E-state index in [1.807, 2.05) is 16.9 Å². The molecule has 1 fully saturated rings. The molecule has 1 atom stereocenters. The Morgan fingerprint density at radius 3 is 2.88 bits per heavy atom. The minimum atomic E-state index is 0.240. The molecule has 6 rings (SSSR count). The van der Waals surface area contributed by atoms with E-state index >= 15 is 0 Å². The average molecular weight is 546 g/mol. The molecular formula is C26H23IN6. The smallest absolute Gasteiger partial charge is 0.250 e. The van der Waals surface area contributed by atoms with Gasteiger partial charge in [0, 0.05) is 18.5 Å². The van der Waals surface area contributed by atoms with Gasteiger partial charge in [0.05, 0.1) is 52.7 Å². The van der Waals surface area contributed by atoms with Crippen molar-refractivity contribution in [2.24, 2.45) is 11.8 Å². The highest BCUT2D eigenvalue weighted by atomic mass is 127. The molecule has 0 radical (unpaired) electrons. The number of fused-ring (bicyclic) bond motifs is 2. The first-order chi connectivity index (χ1) is 16.1. The maximum atomic E-state index is 9.61. The van der Waals surface area contributed by atoms with Crippen molar-refractivity contribution in [3.05, 3.63) is 76.4 Å². The number of nitriles is 1. The summed E-state index contributed by atoms with van der Waals surface area (Å²) in [7, 11) is 0. The molecule has 0 saturated heterocycles. The maximum absolute atomic E-state index is 9.61. The van der Waals surface area contributed by atoms with Gasteiger partial charge in [-0.1, -0.05) is 31.2 Å². The number of benzene rings is 1. The molecular weight excluding hydrogens is 523 g/mol. The summed E-state index contributed by atoms with van der Waals surface area (Å²) in [6, 6.07) is 9.06. The molecule has 1 saturated carbocycles. The van der Waals surface area contributed by atoms with E-state index in [-0.39, 0.29) is 5.92 Å². The summed E-state index contributed by atoms with van der Waals surface area (Å²) >= 11 is 2.36. The minimum absolute atomic E-state index is 0.240. The summed E-state index contributed by atoms with van der Waals surface area (Å²) in [5.41, 5.74) is 8.93. The molecule has 6 nitrogen and oxygen atoms in total. The maximum Gasteiger partial charge on any atom is 0.250 e. The Kier molecular flexibility index (Phi) is 5.06. The first-order valence-corrected chi connectivity index (χ1v) is 12.3. The van der Waals surface area contributed by atoms with Crippen molar-refractivity contribution in [1.82, 2.24) is 19.6 Å². The van der Waals surface area contributed by atoms with Crippen LogP contribution in [0.2, 0.25) is 0 Å². The second-order valence-corrected chi connectivity index (χ2v) is 10.3. The fraction of sp³-hybridized carbons (Fsp3) is 0.308. The van der Waals surface area contributed by atoms with Crippen LogP contribution in [0.3, 0.4) is 0 Å². The first-order valence-electron chi connectivity index (χ1n) is 11.4. The van der Waals surface area contributed by atoms with E-state index in [4.69, 9.17) is 5.10 Å². The number of halogens is 1. The number of anilines is 1. The number of hydrogen-bond acceptors (Lipinski definition) is 5. The largest absolute Gasteiger partial charge is 0.310 e. The van der Waals surface area contributed by atoms with Crippen LogP contribution in [0, 0.1) is 23.2 Å². The predicted octanol–water partition coefficient (Wildman–Crippen LogP) is 5.55. The Balaban J connectivity index is 1.36. The Morgan fingerprint density at radius 2 is 2.06 bits per heavy atom. The van der Waals surface area contributed by atoms with Crippen molar-refractivity contribution >= 4 is 46.0 Å². The van der Waals surface area contributed by atoms with Gasteiger partial charge in [-0.2, -0.15) is 10.4 Å². The van der Waals surface area contributed by atoms with Crippen molar-refractivity contribution < 1.29 is 0 Å². The molecule has 0 amide bonds. The number of imidazole rings is 1. The lowest BCUT2D eigenvalue weighted by molar-refractivity contribution is 0.712. The Labute approximate surface area is 206 Å². The zero-order valence-corrected chi connectivity index (χ0v) is 20.5. The van der Waals surface area contributed by atoms with Crippen LogP contribution in [0.1, 0.15) is 48.7 Å². The van der Waals surface area contributed by atoms with Gasteiger partial charge >= 0.3 is 0 Å². The quantitative estimate of drug-likeness (QED) is 0.317. The normalized spacial score (nSPS) is 20.1. The fourth-order valence-electron chi connectivity index (χ4n) is 4.85. The zero-order valence-electron chi connectivity index (χ0n) is 18.4. The van der Waals surface area contributed by atoms with Crippen LogP contribution < -0.4 is 3.11 Å². The van der Waals surface area contributed by atoms with Crippen LogP contribution >= 0.6 is 22.9 Å². The van der Waals surface area contributed by atoms with Gasteiger partial charge < -0.3 is 3.11 Å². The summed E-state index contributed by atoms with van der Waals surface area (Å²) < 4.78 is 4.10. The third kappa shape index (κ3) is 3.76. The number of allylic oxidation sites excluding steroid dienone is 4. The van der Waals surface area contributed by atoms with Crippen molar-refractivity contribution in [1.29, 1.82) is 5.26 Å². The van der Waals surface area contributed by atoms with Gasteiger partial charge in [0.25, 0.3) is 5.78 Å². The molecule has 1 unspecified atom stereocenters. The summed E-state index contributed by atoms with van der Waals surface area (Å²) in [5.74, 6) is 1.40. The molecule has 7 heteroatoms. The van der Waals surface area contributed by atoms with Crippen LogP contribution in [-0.4, -0.2) is 26.1 Å². The van der Waals surface area contributed by atoms with E-state index in [0.717, 1.165) is 36.3 Å². The highest BCUT2D eigenvalue weighted by Gasteiger charge is 2.32. The van der Waals surface area contributed by atoms with Crippen LogP contribution in [0.25, 0.3) is 17.4 Å². The molecule has 0 N–H and O–H groups in total. The zero-order chi connectivity index (χ0) is 22.5. The Morgan fingerprint density at radius 1 is 1.21 bits per heavy atom. The van der Waals surface area contributed by atoms with E-state index in [9.17, 15) is 5.26 Å². The van der Waals surface area contributed by atoms with Crippen molar-refractivity contribution in [3.63, 3.8) is 0 Å². The molecule has 3 aliphatic rings. The van der Waals surface area contributed by atoms with Crippen molar-refractivity contribution in [3.8, 4) is 6.07 Å². The standard InChI is InChI=1S/C26H23IN6/c1-16-9-20(13-28)23(18-5-6-18)12-22(16)24-15-30-26-29-14-21(33(26)31-24)11-17-4-7-25-19(10-17)3-2-8-32(25)27/h2-4,7,10,12,14-16,18H,5-6,8-9,11H2,1H3. The van der Waals surface area contributed by atoms with Gasteiger partial charge in [-0.05, 0) is 65.5 Å². The number of hydrogen-bond donors (Lipinski definition) is 0. The van der Waals surface area contributed by atoms with Crippen molar-refractivity contribution in [2.75, 3.05) is 9.66 Å². The number of nitrogens with zero attached hydrogens (tertiary/aromatic N) is 6. The van der Waals surface area contributed by atoms with E-state index in [2.05, 4.69) is 85.4 Å². The summed E-state index contributed by atoms with van der Waals surface area (Å²) in [5, 5.41) is 14.6. The lowest BCUT2D eigenvalue weighted by atomic mass is 9.82. The fourth-order valence-corrected chi connectivity index (χ4v) is 5.51. The summed E-state index contributed by atoms with van der Waals surface area (Å²) in [6.45, 7) is 3.10. The molecule has 1 aromatic carbocycles. The molecule has 33 heavy (non-hydrogen) atoms. The topological polar surface area (TPSA) is 70.1 Å². The Hall–Kier alpha value is -2.99. The van der Waals surface area contributed by atoms with Gasteiger partial charge in [0.2, 0.25) is 0 Å². The second kappa shape index (κ2) is 8.10. The summed E-state index contributed by atoms with van der Waals surface area (Å²) in [6.07, 6.45) is 14.2. The summed E-state index contributed by atoms with van der Waals surface area (Å²) in [4.78, 5) is 9.10. The second-order valence-electron chi connectivity index (χ2n) is 9.15. The van der Waals surface area contributed by atoms with Crippen LogP contribution in [0.4, 0.5) is 5.69 Å². The van der Waals surface area contributed by atoms with Crippen molar-refractivity contribution in [2.45, 2.75) is 32.6 Å². The van der Waals surface area contributed by atoms with Crippen LogP contribution in [0.15, 0.2) is 53.9 Å². The van der Waals surface area contributed by atoms with Crippen LogP contribution in [0.5, 0.6) is 0 Å². The third-order valence-electron chi connectivity index (χ3n) is 6.75. The van der Waals surface area contributed by atoms with E-state index in [1.54, 1.807) is 0 Å². The minimum Gasteiger partial charge on any atom is -0.310 e. The molecule has 0 bridgehead atoms. The van der Waals surface area contributed by atoms with E-state index in [0.29, 0.717) is 11.7 Å². The molecule has 164 valence electrons. The molecule has 2 aromatic heterocycles. The van der Waals surface area contributed by atoms with E-state index < -0.39 is 0 Å². The highest BCUT2D eigenvalue weighted by Crippen LogP contribution is 2.45. The third-order valence-corrected chi connectivity index (χ3v) is 7.66. The molecule has 0 spiro atoms. The lowest BCUT2D eigenvalue weighted by Crippen LogP contribution is -2.13. The predicted molar refractivity (Wildman–Crippen MR) is 138 cm³/mol. The monoisotopic (exact) mass is 546 g/mol. The van der Waals surface area contributed by atoms with E-state index in [1.165, 1.54) is 40.8 Å². The Bertz CT molecular complexity index is 1400. The molecule has 3 aromatic rings. The molecule has 3 heterocycles. The molecule has 2 aliphatic carbocycles. The van der Waals surface area contributed by atoms with Gasteiger partial charge in [-0.15, -0.1) is 0 Å². The number of aromatic nitrogens is 4. The van der Waals surface area contributed by atoms with Gasteiger partial charge in [-0.3, -0.25) is 0 Å². The first kappa shape index (κ1) is 20.6. The highest BCUT2D eigenvalue weighted by molar-refractivity contribution is 14.1. The average Bonchev–Trinajstić information content (AvgIpc) is 3.60. The lowest BCUT2D eigenvalue weighted by Gasteiger charge is -2.22. The number of rotatable bonds is 4. The SMILES string of the molecule is CC1CC(C#N)=C(C2CC2)C=C1c1cnc2ncc(Cc3ccc4c(c3)C=CCN4I)n2n1. The van der Waals surface area contributed by atoms with Gasteiger partial charge in [-0.25, -0.2) is 14.5 Å². The van der Waals surface area contributed by atoms with Gasteiger partial charge in [0.15, 0.2) is 0 Å². The molecule has 1 aliphatic heterocycles.